The van der Waals surface area contributed by atoms with Crippen molar-refractivity contribution in [1.82, 2.24) is 9.29 Å². The first-order valence-corrected chi connectivity index (χ1v) is 7.59. The first kappa shape index (κ1) is 13.3. The number of hydrogen-bond acceptors (Lipinski definition) is 4. The molecule has 0 unspecified atom stereocenters. The molecule has 1 heterocycles. The minimum Gasteiger partial charge on any atom is -0.396 e. The number of rotatable bonds is 5. The second-order valence-corrected chi connectivity index (χ2v) is 6.82. The molecule has 0 bridgehead atoms. The molecular formula is C12H19N3O2S. The zero-order chi connectivity index (χ0) is 13.3. The van der Waals surface area contributed by atoms with E-state index in [2.05, 4.69) is 4.98 Å². The van der Waals surface area contributed by atoms with Crippen LogP contribution < -0.4 is 5.73 Å². The third-order valence-corrected chi connectivity index (χ3v) is 5.08. The number of anilines is 1. The molecule has 1 fully saturated rings. The molecule has 0 atom stereocenters. The van der Waals surface area contributed by atoms with E-state index in [1.165, 1.54) is 10.5 Å². The summed E-state index contributed by atoms with van der Waals surface area (Å²) in [6.45, 7) is 4.31. The normalized spacial score (nSPS) is 16.4. The topological polar surface area (TPSA) is 76.3 Å². The van der Waals surface area contributed by atoms with Crippen LogP contribution in [0.15, 0.2) is 23.4 Å². The van der Waals surface area contributed by atoms with E-state index in [4.69, 9.17) is 5.73 Å². The van der Waals surface area contributed by atoms with Crippen molar-refractivity contribution in [3.63, 3.8) is 0 Å². The third-order valence-electron chi connectivity index (χ3n) is 3.06. The highest BCUT2D eigenvalue weighted by Crippen LogP contribution is 2.32. The lowest BCUT2D eigenvalue weighted by Gasteiger charge is -2.25. The first-order chi connectivity index (χ1) is 8.43. The smallest absolute Gasteiger partial charge is 0.262 e. The number of hydrogen-bond donors (Lipinski definition) is 1. The van der Waals surface area contributed by atoms with E-state index in [9.17, 15) is 8.42 Å². The fourth-order valence-electron chi connectivity index (χ4n) is 1.87. The Kier molecular flexibility index (Phi) is 3.59. The fourth-order valence-corrected chi connectivity index (χ4v) is 3.62. The van der Waals surface area contributed by atoms with Gasteiger partial charge in [0.05, 0.1) is 5.69 Å². The maximum absolute atomic E-state index is 12.5. The highest BCUT2D eigenvalue weighted by Gasteiger charge is 2.34. The molecule has 100 valence electrons. The van der Waals surface area contributed by atoms with Crippen molar-refractivity contribution in [1.29, 1.82) is 0 Å². The van der Waals surface area contributed by atoms with E-state index >= 15 is 0 Å². The number of pyridine rings is 1. The molecule has 2 N–H and O–H groups in total. The van der Waals surface area contributed by atoms with Crippen LogP contribution in [-0.2, 0) is 10.0 Å². The first-order valence-electron chi connectivity index (χ1n) is 6.15. The van der Waals surface area contributed by atoms with Crippen molar-refractivity contribution < 1.29 is 8.42 Å². The Balaban J connectivity index is 2.35. The maximum Gasteiger partial charge on any atom is 0.262 e. The molecule has 0 aromatic carbocycles. The van der Waals surface area contributed by atoms with Crippen LogP contribution in [0, 0.1) is 5.92 Å². The molecule has 18 heavy (non-hydrogen) atoms. The van der Waals surface area contributed by atoms with Gasteiger partial charge in [-0.2, -0.15) is 4.31 Å². The molecule has 5 nitrogen and oxygen atoms in total. The van der Waals surface area contributed by atoms with Gasteiger partial charge in [-0.25, -0.2) is 13.4 Å². The monoisotopic (exact) mass is 269 g/mol. The lowest BCUT2D eigenvalue weighted by molar-refractivity contribution is 0.340. The minimum absolute atomic E-state index is 0.0284. The number of nitrogens with zero attached hydrogens (tertiary/aromatic N) is 2. The lowest BCUT2D eigenvalue weighted by Crippen LogP contribution is -2.39. The molecule has 1 aliphatic carbocycles. The average Bonchev–Trinajstić information content (AvgIpc) is 3.09. The van der Waals surface area contributed by atoms with Gasteiger partial charge < -0.3 is 5.73 Å². The van der Waals surface area contributed by atoms with Crippen LogP contribution in [0.4, 0.5) is 5.69 Å². The van der Waals surface area contributed by atoms with Gasteiger partial charge in [-0.1, -0.05) is 0 Å². The number of sulfonamides is 1. The predicted octanol–water partition coefficient (Wildman–Crippen LogP) is 1.47. The number of nitrogens with two attached hydrogens (primary N) is 1. The highest BCUT2D eigenvalue weighted by atomic mass is 32.2. The summed E-state index contributed by atoms with van der Waals surface area (Å²) in [5, 5.41) is -0.0284. The second kappa shape index (κ2) is 4.85. The van der Waals surface area contributed by atoms with Crippen LogP contribution in [-0.4, -0.2) is 30.3 Å². The van der Waals surface area contributed by atoms with E-state index in [0.717, 1.165) is 12.8 Å². The van der Waals surface area contributed by atoms with E-state index < -0.39 is 10.0 Å². The van der Waals surface area contributed by atoms with Gasteiger partial charge in [0.1, 0.15) is 0 Å². The van der Waals surface area contributed by atoms with Gasteiger partial charge in [0, 0.05) is 18.8 Å². The Bertz CT molecular complexity index is 524. The van der Waals surface area contributed by atoms with Gasteiger partial charge in [-0.3, -0.25) is 0 Å². The summed E-state index contributed by atoms with van der Waals surface area (Å²) in [4.78, 5) is 3.93. The molecule has 1 saturated carbocycles. The van der Waals surface area contributed by atoms with Crippen LogP contribution in [0.25, 0.3) is 0 Å². The zero-order valence-corrected chi connectivity index (χ0v) is 11.5. The van der Waals surface area contributed by atoms with Crippen LogP contribution in [0.2, 0.25) is 0 Å². The van der Waals surface area contributed by atoms with Crippen molar-refractivity contribution in [2.75, 3.05) is 12.3 Å². The molecule has 1 aliphatic rings. The third kappa shape index (κ3) is 2.64. The van der Waals surface area contributed by atoms with Gasteiger partial charge in [0.2, 0.25) is 0 Å². The highest BCUT2D eigenvalue weighted by molar-refractivity contribution is 7.89. The van der Waals surface area contributed by atoms with Gasteiger partial charge in [0.15, 0.2) is 5.03 Å². The van der Waals surface area contributed by atoms with E-state index in [0.29, 0.717) is 12.5 Å². The van der Waals surface area contributed by atoms with Crippen molar-refractivity contribution in [3.8, 4) is 0 Å². The number of nitrogen functional groups attached to an aromatic ring is 1. The van der Waals surface area contributed by atoms with Crippen molar-refractivity contribution in [2.45, 2.75) is 37.8 Å². The molecule has 0 saturated heterocycles. The van der Waals surface area contributed by atoms with E-state index in [-0.39, 0.29) is 16.8 Å². The average molecular weight is 269 g/mol. The van der Waals surface area contributed by atoms with Gasteiger partial charge in [0.25, 0.3) is 10.0 Å². The molecule has 1 aromatic rings. The summed E-state index contributed by atoms with van der Waals surface area (Å²) in [5.41, 5.74) is 5.93. The minimum atomic E-state index is -3.59. The van der Waals surface area contributed by atoms with Crippen molar-refractivity contribution in [3.05, 3.63) is 18.3 Å². The van der Waals surface area contributed by atoms with Crippen LogP contribution in [0.5, 0.6) is 0 Å². The largest absolute Gasteiger partial charge is 0.396 e. The molecule has 0 aliphatic heterocycles. The second-order valence-electron chi connectivity index (χ2n) is 5.01. The van der Waals surface area contributed by atoms with Crippen LogP contribution in [0.3, 0.4) is 0 Å². The fraction of sp³-hybridized carbons (Fsp3) is 0.583. The Hall–Kier alpha value is -1.14. The Morgan fingerprint density at radius 2 is 2.17 bits per heavy atom. The SMILES string of the molecule is CC(C)N(CC1CC1)S(=O)(=O)c1ncccc1N. The van der Waals surface area contributed by atoms with Crippen molar-refractivity contribution >= 4 is 15.7 Å². The molecular weight excluding hydrogens is 250 g/mol. The predicted molar refractivity (Wildman–Crippen MR) is 70.4 cm³/mol. The quantitative estimate of drug-likeness (QED) is 0.878. The molecule has 1 aromatic heterocycles. The summed E-state index contributed by atoms with van der Waals surface area (Å²) in [5.74, 6) is 0.493. The molecule has 0 spiro atoms. The zero-order valence-electron chi connectivity index (χ0n) is 10.7. The van der Waals surface area contributed by atoms with Gasteiger partial charge in [-0.05, 0) is 44.7 Å². The lowest BCUT2D eigenvalue weighted by atomic mass is 10.3. The Labute approximate surface area is 108 Å². The summed E-state index contributed by atoms with van der Waals surface area (Å²) < 4.78 is 26.6. The molecule has 6 heteroatoms. The van der Waals surface area contributed by atoms with E-state index in [1.54, 1.807) is 12.1 Å². The summed E-state index contributed by atoms with van der Waals surface area (Å²) >= 11 is 0. The van der Waals surface area contributed by atoms with Gasteiger partial charge >= 0.3 is 0 Å². The van der Waals surface area contributed by atoms with Crippen molar-refractivity contribution in [2.24, 2.45) is 5.92 Å². The molecule has 0 radical (unpaired) electrons. The Morgan fingerprint density at radius 3 is 2.67 bits per heavy atom. The number of aromatic nitrogens is 1. The van der Waals surface area contributed by atoms with E-state index in [1.807, 2.05) is 13.8 Å². The molecule has 0 amide bonds. The summed E-state index contributed by atoms with van der Waals surface area (Å²) in [7, 11) is -3.59. The van der Waals surface area contributed by atoms with Gasteiger partial charge in [-0.15, -0.1) is 0 Å². The maximum atomic E-state index is 12.5. The van der Waals surface area contributed by atoms with Crippen LogP contribution >= 0.6 is 0 Å². The Morgan fingerprint density at radius 1 is 1.50 bits per heavy atom. The standard InChI is InChI=1S/C12H19N3O2S/c1-9(2)15(8-10-5-6-10)18(16,17)12-11(13)4-3-7-14-12/h3-4,7,9-10H,5-6,8,13H2,1-2H3. The van der Waals surface area contributed by atoms with Crippen LogP contribution in [0.1, 0.15) is 26.7 Å². The summed E-state index contributed by atoms with van der Waals surface area (Å²) in [6.07, 6.45) is 3.67. The summed E-state index contributed by atoms with van der Waals surface area (Å²) in [6, 6.07) is 3.11. The molecule has 2 rings (SSSR count).